The van der Waals surface area contributed by atoms with Gasteiger partial charge in [-0.15, -0.1) is 0 Å². The Morgan fingerprint density at radius 3 is 2.75 bits per heavy atom. The normalized spacial score (nSPS) is 25.3. The van der Waals surface area contributed by atoms with Gasteiger partial charge in [0.1, 0.15) is 0 Å². The fourth-order valence-corrected chi connectivity index (χ4v) is 1.53. The second-order valence-electron chi connectivity index (χ2n) is 2.73. The molecule has 4 nitrogen and oxygen atoms in total. The van der Waals surface area contributed by atoms with Gasteiger partial charge in [-0.3, -0.25) is 4.79 Å². The number of carbonyl (C=O) groups excluding carboxylic acids is 2. The van der Waals surface area contributed by atoms with Gasteiger partial charge in [0.15, 0.2) is 0 Å². The molecule has 0 spiro atoms. The van der Waals surface area contributed by atoms with E-state index < -0.39 is 5.97 Å². The molecular weight excluding hydrogens is 169 g/mol. The van der Waals surface area contributed by atoms with E-state index in [1.54, 1.807) is 6.08 Å². The molecule has 2 heterocycles. The predicted octanol–water partition coefficient (Wildman–Crippen LogP) is -4.37. The molecule has 0 bridgehead atoms. The number of carboxylic acid groups (broad SMARTS) is 1. The third-order valence-electron chi connectivity index (χ3n) is 2.10. The van der Waals surface area contributed by atoms with Crippen molar-refractivity contribution in [1.29, 1.82) is 0 Å². The quantitative estimate of drug-likeness (QED) is 0.299. The molecular formula is C7H6NNaO3. The molecule has 0 aromatic rings. The second kappa shape index (κ2) is 3.20. The van der Waals surface area contributed by atoms with Crippen molar-refractivity contribution in [3.63, 3.8) is 0 Å². The van der Waals surface area contributed by atoms with E-state index in [1.807, 2.05) is 0 Å². The molecule has 1 fully saturated rings. The molecule has 1 saturated heterocycles. The Labute approximate surface area is 91.5 Å². The van der Waals surface area contributed by atoms with Gasteiger partial charge in [-0.25, -0.2) is 0 Å². The van der Waals surface area contributed by atoms with Crippen LogP contribution in [-0.4, -0.2) is 22.8 Å². The fourth-order valence-electron chi connectivity index (χ4n) is 1.53. The van der Waals surface area contributed by atoms with Crippen LogP contribution in [-0.2, 0) is 9.59 Å². The van der Waals surface area contributed by atoms with Crippen LogP contribution in [0, 0.1) is 0 Å². The van der Waals surface area contributed by atoms with Crippen LogP contribution in [0.2, 0.25) is 0 Å². The Balaban J connectivity index is 0.000000720. The summed E-state index contributed by atoms with van der Waals surface area (Å²) in [4.78, 5) is 22.5. The summed E-state index contributed by atoms with van der Waals surface area (Å²) in [5.74, 6) is -1.36. The van der Waals surface area contributed by atoms with Gasteiger partial charge in [0.2, 0.25) is 5.91 Å². The van der Waals surface area contributed by atoms with Crippen LogP contribution in [0.4, 0.5) is 0 Å². The maximum atomic E-state index is 10.8. The minimum Gasteiger partial charge on any atom is -0.543 e. The van der Waals surface area contributed by atoms with Crippen LogP contribution >= 0.6 is 0 Å². The van der Waals surface area contributed by atoms with Crippen molar-refractivity contribution in [3.05, 3.63) is 11.8 Å². The van der Waals surface area contributed by atoms with E-state index in [9.17, 15) is 14.7 Å². The van der Waals surface area contributed by atoms with E-state index in [0.717, 1.165) is 0 Å². The molecule has 12 heavy (non-hydrogen) atoms. The summed E-state index contributed by atoms with van der Waals surface area (Å²) >= 11 is 0. The Hall–Kier alpha value is -0.320. The molecule has 2 aliphatic heterocycles. The van der Waals surface area contributed by atoms with E-state index in [4.69, 9.17) is 0 Å². The summed E-state index contributed by atoms with van der Waals surface area (Å²) in [6, 6.07) is 0.107. The van der Waals surface area contributed by atoms with Crippen LogP contribution in [0.1, 0.15) is 12.8 Å². The van der Waals surface area contributed by atoms with E-state index >= 15 is 0 Å². The Morgan fingerprint density at radius 1 is 1.67 bits per heavy atom. The molecule has 0 aromatic carbocycles. The molecule has 0 N–H and O–H groups in total. The number of hydrogen-bond acceptors (Lipinski definition) is 3. The smallest absolute Gasteiger partial charge is 0.543 e. The van der Waals surface area contributed by atoms with E-state index in [-0.39, 0.29) is 47.2 Å². The molecule has 0 saturated carbocycles. The van der Waals surface area contributed by atoms with Gasteiger partial charge in [0.25, 0.3) is 0 Å². The zero-order valence-corrected chi connectivity index (χ0v) is 8.74. The Morgan fingerprint density at radius 2 is 2.33 bits per heavy atom. The fraction of sp³-hybridized carbons (Fsp3) is 0.429. The number of rotatable bonds is 1. The summed E-state index contributed by atoms with van der Waals surface area (Å²) in [5, 5.41) is 10.4. The van der Waals surface area contributed by atoms with Gasteiger partial charge in [-0.05, 0) is 6.42 Å². The van der Waals surface area contributed by atoms with Crippen LogP contribution in [0.3, 0.4) is 0 Å². The van der Waals surface area contributed by atoms with Crippen molar-refractivity contribution < 1.29 is 44.3 Å². The topological polar surface area (TPSA) is 60.4 Å². The summed E-state index contributed by atoms with van der Waals surface area (Å²) in [7, 11) is 0. The van der Waals surface area contributed by atoms with Gasteiger partial charge < -0.3 is 14.8 Å². The van der Waals surface area contributed by atoms with Crippen LogP contribution in [0.5, 0.6) is 0 Å². The van der Waals surface area contributed by atoms with Crippen LogP contribution in [0.25, 0.3) is 0 Å². The average molecular weight is 175 g/mol. The third kappa shape index (κ3) is 1.20. The molecule has 0 radical (unpaired) electrons. The maximum absolute atomic E-state index is 10.8. The minimum atomic E-state index is -1.25. The zero-order valence-electron chi connectivity index (χ0n) is 6.74. The SMILES string of the molecule is O=C([O-])C1=CC[C@H]2CC(=O)N12.[Na+]. The van der Waals surface area contributed by atoms with Gasteiger partial charge in [0, 0.05) is 12.5 Å². The standard InChI is InChI=1S/C7H7NO3.Na/c9-6-3-4-1-2-5(7(10)11)8(4)6;/h2,4H,1,3H2,(H,10,11);/q;+1/p-1/t4-;/m0./s1. The monoisotopic (exact) mass is 175 g/mol. The van der Waals surface area contributed by atoms with Crippen molar-refractivity contribution in [3.8, 4) is 0 Å². The summed E-state index contributed by atoms with van der Waals surface area (Å²) < 4.78 is 0. The van der Waals surface area contributed by atoms with Crippen molar-refractivity contribution >= 4 is 11.9 Å². The number of carbonyl (C=O) groups is 2. The van der Waals surface area contributed by atoms with E-state index in [0.29, 0.717) is 12.8 Å². The van der Waals surface area contributed by atoms with Crippen molar-refractivity contribution in [2.75, 3.05) is 0 Å². The summed E-state index contributed by atoms with van der Waals surface area (Å²) in [5.41, 5.74) is 0.0475. The number of β-lactam (4-membered cyclic amide) rings is 1. The molecule has 1 atom stereocenters. The molecule has 2 aliphatic rings. The van der Waals surface area contributed by atoms with Gasteiger partial charge in [-0.1, -0.05) is 6.08 Å². The first-order valence-corrected chi connectivity index (χ1v) is 3.43. The number of fused-ring (bicyclic) bond motifs is 1. The molecule has 58 valence electrons. The molecule has 5 heteroatoms. The van der Waals surface area contributed by atoms with Crippen molar-refractivity contribution in [1.82, 2.24) is 4.90 Å². The first kappa shape index (κ1) is 9.77. The van der Waals surface area contributed by atoms with Gasteiger partial charge >= 0.3 is 29.6 Å². The zero-order chi connectivity index (χ0) is 8.01. The number of amides is 1. The summed E-state index contributed by atoms with van der Waals surface area (Å²) in [6.45, 7) is 0. The molecule has 0 unspecified atom stereocenters. The van der Waals surface area contributed by atoms with Crippen molar-refractivity contribution in [2.45, 2.75) is 18.9 Å². The molecule has 0 aliphatic carbocycles. The van der Waals surface area contributed by atoms with Crippen LogP contribution in [0.15, 0.2) is 11.8 Å². The predicted molar refractivity (Wildman–Crippen MR) is 33.0 cm³/mol. The maximum Gasteiger partial charge on any atom is 1.00 e. The van der Waals surface area contributed by atoms with E-state index in [1.165, 1.54) is 4.90 Å². The number of carboxylic acids is 1. The molecule has 2 rings (SSSR count). The number of aliphatic carboxylic acids is 1. The van der Waals surface area contributed by atoms with Gasteiger partial charge in [0.05, 0.1) is 11.7 Å². The molecule has 1 amide bonds. The Bertz CT molecular complexity index is 274. The minimum absolute atomic E-state index is 0. The van der Waals surface area contributed by atoms with Gasteiger partial charge in [-0.2, -0.15) is 0 Å². The van der Waals surface area contributed by atoms with Crippen LogP contribution < -0.4 is 34.7 Å². The second-order valence-corrected chi connectivity index (χ2v) is 2.73. The first-order chi connectivity index (χ1) is 5.20. The first-order valence-electron chi connectivity index (χ1n) is 3.43. The van der Waals surface area contributed by atoms with E-state index in [2.05, 4.69) is 0 Å². The average Bonchev–Trinajstić information content (AvgIpc) is 2.25. The molecule has 0 aromatic heterocycles. The van der Waals surface area contributed by atoms with Crippen molar-refractivity contribution in [2.24, 2.45) is 0 Å². The summed E-state index contributed by atoms with van der Waals surface area (Å²) in [6.07, 6.45) is 2.69. The largest absolute Gasteiger partial charge is 1.00 e. The third-order valence-corrected chi connectivity index (χ3v) is 2.10. The number of hydrogen-bond donors (Lipinski definition) is 0. The number of nitrogens with zero attached hydrogens (tertiary/aromatic N) is 1. The Kier molecular flexibility index (Phi) is 2.61.